The molecule has 0 aromatic heterocycles. The molecule has 0 amide bonds. The second-order valence-electron chi connectivity index (χ2n) is 5.05. The number of fused-ring (bicyclic) bond motifs is 1. The van der Waals surface area contributed by atoms with Crippen molar-refractivity contribution in [3.8, 4) is 0 Å². The molecule has 0 unspecified atom stereocenters. The zero-order valence-corrected chi connectivity index (χ0v) is 11.7. The van der Waals surface area contributed by atoms with Crippen molar-refractivity contribution in [1.82, 2.24) is 4.90 Å². The van der Waals surface area contributed by atoms with E-state index in [1.165, 1.54) is 17.5 Å². The van der Waals surface area contributed by atoms with Gasteiger partial charge in [-0.15, -0.1) is 0 Å². The molecule has 1 aromatic rings. The summed E-state index contributed by atoms with van der Waals surface area (Å²) in [6.07, 6.45) is 2.29. The number of hydrogen-bond acceptors (Lipinski definition) is 4. The van der Waals surface area contributed by atoms with Crippen LogP contribution in [0.2, 0.25) is 0 Å². The van der Waals surface area contributed by atoms with Gasteiger partial charge >= 0.3 is 0 Å². The van der Waals surface area contributed by atoms with Gasteiger partial charge in [-0.2, -0.15) is 0 Å². The molecule has 0 spiro atoms. The number of nitrogen functional groups attached to an aromatic ring is 1. The van der Waals surface area contributed by atoms with E-state index in [2.05, 4.69) is 17.0 Å². The van der Waals surface area contributed by atoms with E-state index in [0.29, 0.717) is 13.2 Å². The SMILES string of the molecule is COCCOCCCCN1Cc2ccc(N)cc2C1. The number of rotatable bonds is 8. The third kappa shape index (κ3) is 4.49. The zero-order chi connectivity index (χ0) is 13.5. The Hall–Kier alpha value is -1.10. The number of benzene rings is 1. The van der Waals surface area contributed by atoms with Crippen molar-refractivity contribution in [2.45, 2.75) is 25.9 Å². The molecule has 2 N–H and O–H groups in total. The van der Waals surface area contributed by atoms with Crippen molar-refractivity contribution in [3.05, 3.63) is 29.3 Å². The van der Waals surface area contributed by atoms with E-state index >= 15 is 0 Å². The number of ether oxygens (including phenoxy) is 2. The van der Waals surface area contributed by atoms with Gasteiger partial charge < -0.3 is 15.2 Å². The highest BCUT2D eigenvalue weighted by Crippen LogP contribution is 2.24. The van der Waals surface area contributed by atoms with Gasteiger partial charge in [0.15, 0.2) is 0 Å². The molecule has 2 rings (SSSR count). The highest BCUT2D eigenvalue weighted by Gasteiger charge is 2.17. The summed E-state index contributed by atoms with van der Waals surface area (Å²) >= 11 is 0. The maximum atomic E-state index is 5.81. The predicted octanol–water partition coefficient (Wildman–Crippen LogP) is 2.03. The molecule has 19 heavy (non-hydrogen) atoms. The number of methoxy groups -OCH3 is 1. The molecule has 0 saturated carbocycles. The lowest BCUT2D eigenvalue weighted by atomic mass is 10.1. The molecule has 0 bridgehead atoms. The first-order valence-electron chi connectivity index (χ1n) is 6.96. The summed E-state index contributed by atoms with van der Waals surface area (Å²) in [5.41, 5.74) is 9.49. The van der Waals surface area contributed by atoms with E-state index < -0.39 is 0 Å². The Labute approximate surface area is 115 Å². The van der Waals surface area contributed by atoms with E-state index in [-0.39, 0.29) is 0 Å². The molecule has 1 aromatic carbocycles. The summed E-state index contributed by atoms with van der Waals surface area (Å²) in [6, 6.07) is 6.24. The lowest BCUT2D eigenvalue weighted by Crippen LogP contribution is -2.18. The largest absolute Gasteiger partial charge is 0.399 e. The first kappa shape index (κ1) is 14.3. The number of hydrogen-bond donors (Lipinski definition) is 1. The maximum Gasteiger partial charge on any atom is 0.0700 e. The minimum absolute atomic E-state index is 0.683. The minimum Gasteiger partial charge on any atom is -0.399 e. The van der Waals surface area contributed by atoms with Crippen LogP contribution >= 0.6 is 0 Å². The van der Waals surface area contributed by atoms with E-state index in [0.717, 1.165) is 38.3 Å². The van der Waals surface area contributed by atoms with Crippen LogP contribution in [-0.2, 0) is 22.6 Å². The standard InChI is InChI=1S/C15H24N2O2/c1-18-8-9-19-7-3-2-6-17-11-13-4-5-15(16)10-14(13)12-17/h4-5,10H,2-3,6-9,11-12,16H2,1H3. The van der Waals surface area contributed by atoms with Crippen LogP contribution in [0, 0.1) is 0 Å². The van der Waals surface area contributed by atoms with E-state index in [1.54, 1.807) is 7.11 Å². The molecule has 1 aliphatic heterocycles. The Kier molecular flexibility index (Phi) is 5.63. The van der Waals surface area contributed by atoms with Crippen LogP contribution in [0.25, 0.3) is 0 Å². The van der Waals surface area contributed by atoms with Crippen LogP contribution in [0.5, 0.6) is 0 Å². The van der Waals surface area contributed by atoms with Crippen molar-refractivity contribution in [1.29, 1.82) is 0 Å². The highest BCUT2D eigenvalue weighted by molar-refractivity contribution is 5.46. The molecule has 0 saturated heterocycles. The van der Waals surface area contributed by atoms with E-state index in [9.17, 15) is 0 Å². The molecule has 106 valence electrons. The highest BCUT2D eigenvalue weighted by atomic mass is 16.5. The molecule has 0 atom stereocenters. The topological polar surface area (TPSA) is 47.7 Å². The third-order valence-corrected chi connectivity index (χ3v) is 3.46. The zero-order valence-electron chi connectivity index (χ0n) is 11.7. The molecule has 0 fully saturated rings. The van der Waals surface area contributed by atoms with Gasteiger partial charge in [-0.3, -0.25) is 4.90 Å². The molecular weight excluding hydrogens is 240 g/mol. The number of anilines is 1. The van der Waals surface area contributed by atoms with Gasteiger partial charge in [0.1, 0.15) is 0 Å². The Balaban J connectivity index is 1.59. The van der Waals surface area contributed by atoms with Gasteiger partial charge in [-0.25, -0.2) is 0 Å². The maximum absolute atomic E-state index is 5.81. The van der Waals surface area contributed by atoms with Crippen molar-refractivity contribution in [2.75, 3.05) is 39.2 Å². The second kappa shape index (κ2) is 7.48. The fourth-order valence-corrected chi connectivity index (χ4v) is 2.43. The summed E-state index contributed by atoms with van der Waals surface area (Å²) in [5.74, 6) is 0. The van der Waals surface area contributed by atoms with Crippen molar-refractivity contribution < 1.29 is 9.47 Å². The van der Waals surface area contributed by atoms with Gasteiger partial charge in [-0.1, -0.05) is 6.07 Å². The molecule has 0 aliphatic carbocycles. The van der Waals surface area contributed by atoms with E-state index in [4.69, 9.17) is 15.2 Å². The first-order chi connectivity index (χ1) is 9.29. The first-order valence-corrected chi connectivity index (χ1v) is 6.96. The molecule has 4 heteroatoms. The van der Waals surface area contributed by atoms with Crippen LogP contribution in [-0.4, -0.2) is 38.4 Å². The van der Waals surface area contributed by atoms with Crippen LogP contribution in [0.3, 0.4) is 0 Å². The van der Waals surface area contributed by atoms with Crippen LogP contribution < -0.4 is 5.73 Å². The lowest BCUT2D eigenvalue weighted by molar-refractivity contribution is 0.0676. The quantitative estimate of drug-likeness (QED) is 0.576. The molecule has 1 heterocycles. The van der Waals surface area contributed by atoms with Crippen LogP contribution in [0.4, 0.5) is 5.69 Å². The average Bonchev–Trinajstić information content (AvgIpc) is 2.79. The summed E-state index contributed by atoms with van der Waals surface area (Å²) < 4.78 is 10.4. The monoisotopic (exact) mass is 264 g/mol. The van der Waals surface area contributed by atoms with Crippen LogP contribution in [0.15, 0.2) is 18.2 Å². The fraction of sp³-hybridized carbons (Fsp3) is 0.600. The van der Waals surface area contributed by atoms with Gasteiger partial charge in [0.25, 0.3) is 0 Å². The van der Waals surface area contributed by atoms with Gasteiger partial charge in [0, 0.05) is 32.5 Å². The van der Waals surface area contributed by atoms with Crippen LogP contribution in [0.1, 0.15) is 24.0 Å². The summed E-state index contributed by atoms with van der Waals surface area (Å²) in [5, 5.41) is 0. The number of nitrogens with two attached hydrogens (primary N) is 1. The predicted molar refractivity (Wildman–Crippen MR) is 76.9 cm³/mol. The van der Waals surface area contributed by atoms with Gasteiger partial charge in [0.05, 0.1) is 13.2 Å². The normalized spacial score (nSPS) is 14.8. The summed E-state index contributed by atoms with van der Waals surface area (Å²) in [7, 11) is 1.70. The van der Waals surface area contributed by atoms with E-state index in [1.807, 2.05) is 6.07 Å². The Bertz CT molecular complexity index is 396. The summed E-state index contributed by atoms with van der Waals surface area (Å²) in [4.78, 5) is 2.47. The number of unbranched alkanes of at least 4 members (excludes halogenated alkanes) is 1. The lowest BCUT2D eigenvalue weighted by Gasteiger charge is -2.14. The summed E-state index contributed by atoms with van der Waals surface area (Å²) in [6.45, 7) is 5.43. The van der Waals surface area contributed by atoms with Gasteiger partial charge in [-0.05, 0) is 42.6 Å². The Morgan fingerprint density at radius 1 is 1.11 bits per heavy atom. The van der Waals surface area contributed by atoms with Gasteiger partial charge in [0.2, 0.25) is 0 Å². The number of nitrogens with zero attached hydrogens (tertiary/aromatic N) is 1. The van der Waals surface area contributed by atoms with Crippen molar-refractivity contribution in [3.63, 3.8) is 0 Å². The molecule has 4 nitrogen and oxygen atoms in total. The molecular formula is C15H24N2O2. The Morgan fingerprint density at radius 3 is 2.79 bits per heavy atom. The smallest absolute Gasteiger partial charge is 0.0700 e. The molecule has 0 radical (unpaired) electrons. The Morgan fingerprint density at radius 2 is 1.95 bits per heavy atom. The second-order valence-corrected chi connectivity index (χ2v) is 5.05. The molecule has 1 aliphatic rings. The van der Waals surface area contributed by atoms with Crippen molar-refractivity contribution >= 4 is 5.69 Å². The third-order valence-electron chi connectivity index (χ3n) is 3.46. The van der Waals surface area contributed by atoms with Crippen molar-refractivity contribution in [2.24, 2.45) is 0 Å². The minimum atomic E-state index is 0.683. The average molecular weight is 264 g/mol. The fourth-order valence-electron chi connectivity index (χ4n) is 2.43.